The lowest BCUT2D eigenvalue weighted by Gasteiger charge is -2.38. The molecule has 1 saturated carbocycles. The van der Waals surface area contributed by atoms with Gasteiger partial charge in [-0.05, 0) is 45.1 Å². The van der Waals surface area contributed by atoms with Crippen LogP contribution in [0.3, 0.4) is 0 Å². The Morgan fingerprint density at radius 2 is 1.93 bits per heavy atom. The highest BCUT2D eigenvalue weighted by Gasteiger charge is 2.51. The molecule has 2 aromatic rings. The Kier molecular flexibility index (Phi) is 5.10. The molecule has 0 unspecified atom stereocenters. The van der Waals surface area contributed by atoms with E-state index >= 15 is 0 Å². The molecule has 2 aliphatic rings. The van der Waals surface area contributed by atoms with Crippen LogP contribution in [0, 0.1) is 0 Å². The number of hydrogen-bond acceptors (Lipinski definition) is 5. The van der Waals surface area contributed by atoms with E-state index in [4.69, 9.17) is 4.74 Å². The van der Waals surface area contributed by atoms with Gasteiger partial charge in [0.1, 0.15) is 11.3 Å². The molecule has 1 aliphatic carbocycles. The number of cyclic esters (lactones) is 1. The van der Waals surface area contributed by atoms with Crippen molar-refractivity contribution in [1.29, 1.82) is 0 Å². The molecule has 4 rings (SSSR count). The number of rotatable bonds is 4. The molecule has 2 fully saturated rings. The number of thiazole rings is 1. The van der Waals surface area contributed by atoms with Gasteiger partial charge < -0.3 is 10.1 Å². The minimum absolute atomic E-state index is 0.104. The topological polar surface area (TPSA) is 71.5 Å². The van der Waals surface area contributed by atoms with E-state index < -0.39 is 5.60 Å². The van der Waals surface area contributed by atoms with Gasteiger partial charge in [0.2, 0.25) is 0 Å². The van der Waals surface area contributed by atoms with Crippen LogP contribution in [-0.4, -0.2) is 39.6 Å². The summed E-state index contributed by atoms with van der Waals surface area (Å²) in [6.07, 6.45) is 3.12. The summed E-state index contributed by atoms with van der Waals surface area (Å²) in [6, 6.07) is 10.2. The van der Waals surface area contributed by atoms with E-state index in [1.165, 1.54) is 11.3 Å². The van der Waals surface area contributed by atoms with E-state index in [0.717, 1.165) is 31.2 Å². The first-order chi connectivity index (χ1) is 13.5. The number of amides is 2. The van der Waals surface area contributed by atoms with Crippen molar-refractivity contribution in [1.82, 2.24) is 15.2 Å². The molecule has 0 bridgehead atoms. The minimum Gasteiger partial charge on any atom is -0.441 e. The number of ether oxygens (including phenoxy) is 1. The molecule has 0 spiro atoms. The largest absolute Gasteiger partial charge is 0.441 e. The van der Waals surface area contributed by atoms with Crippen molar-refractivity contribution in [3.05, 3.63) is 52.5 Å². The van der Waals surface area contributed by atoms with E-state index in [1.54, 1.807) is 10.9 Å². The smallest absolute Gasteiger partial charge is 0.411 e. The lowest BCUT2D eigenvalue weighted by atomic mass is 9.86. The average Bonchev–Trinajstić information content (AvgIpc) is 3.29. The van der Waals surface area contributed by atoms with Gasteiger partial charge in [0.15, 0.2) is 0 Å². The Hall–Kier alpha value is -2.41. The predicted octanol–water partition coefficient (Wildman–Crippen LogP) is 4.16. The standard InChI is InChI=1S/C21H25N3O3S/c1-21(2)18(14-6-4-3-5-7-14)24(20(26)27-21)16-10-8-15(9-11-16)23-19(25)17-12-28-13-22-17/h3-7,12-13,15-16,18H,8-11H2,1-2H3,(H,23,25)/t15?,16?,18-/m0/s1. The van der Waals surface area contributed by atoms with E-state index in [0.29, 0.717) is 5.69 Å². The normalized spacial score (nSPS) is 26.7. The lowest BCUT2D eigenvalue weighted by Crippen LogP contribution is -2.46. The maximum Gasteiger partial charge on any atom is 0.411 e. The Balaban J connectivity index is 1.44. The third-order valence-electron chi connectivity index (χ3n) is 5.70. The summed E-state index contributed by atoms with van der Waals surface area (Å²) in [4.78, 5) is 30.9. The van der Waals surface area contributed by atoms with Gasteiger partial charge >= 0.3 is 6.09 Å². The molecule has 2 heterocycles. The van der Waals surface area contributed by atoms with E-state index in [9.17, 15) is 9.59 Å². The molecular weight excluding hydrogens is 374 g/mol. The second-order valence-corrected chi connectivity index (χ2v) is 8.76. The van der Waals surface area contributed by atoms with Crippen molar-refractivity contribution in [2.45, 2.75) is 63.3 Å². The van der Waals surface area contributed by atoms with Crippen LogP contribution in [-0.2, 0) is 4.74 Å². The highest BCUT2D eigenvalue weighted by atomic mass is 32.1. The molecular formula is C21H25N3O3S. The zero-order valence-corrected chi connectivity index (χ0v) is 16.9. The van der Waals surface area contributed by atoms with Crippen LogP contribution in [0.15, 0.2) is 41.2 Å². The van der Waals surface area contributed by atoms with Gasteiger partial charge in [-0.25, -0.2) is 9.78 Å². The maximum atomic E-state index is 12.7. The average molecular weight is 400 g/mol. The fourth-order valence-corrected chi connectivity index (χ4v) is 4.95. The van der Waals surface area contributed by atoms with E-state index in [2.05, 4.69) is 22.4 Å². The molecule has 0 radical (unpaired) electrons. The first kappa shape index (κ1) is 18.9. The number of aromatic nitrogens is 1. The summed E-state index contributed by atoms with van der Waals surface area (Å²) in [7, 11) is 0. The lowest BCUT2D eigenvalue weighted by molar-refractivity contribution is 0.0663. The quantitative estimate of drug-likeness (QED) is 0.838. The molecule has 1 atom stereocenters. The van der Waals surface area contributed by atoms with Crippen molar-refractivity contribution >= 4 is 23.3 Å². The molecule has 1 aromatic carbocycles. The maximum absolute atomic E-state index is 12.7. The van der Waals surface area contributed by atoms with Gasteiger partial charge in [-0.2, -0.15) is 0 Å². The summed E-state index contributed by atoms with van der Waals surface area (Å²) >= 11 is 1.42. The number of hydrogen-bond donors (Lipinski definition) is 1. The first-order valence-electron chi connectivity index (χ1n) is 9.71. The molecule has 1 aliphatic heterocycles. The zero-order valence-electron chi connectivity index (χ0n) is 16.1. The summed E-state index contributed by atoms with van der Waals surface area (Å²) in [5, 5.41) is 4.83. The number of nitrogens with zero attached hydrogens (tertiary/aromatic N) is 2. The second-order valence-electron chi connectivity index (χ2n) is 8.04. The molecule has 1 aromatic heterocycles. The van der Waals surface area contributed by atoms with Crippen LogP contribution < -0.4 is 5.32 Å². The number of benzene rings is 1. The summed E-state index contributed by atoms with van der Waals surface area (Å²) < 4.78 is 5.73. The van der Waals surface area contributed by atoms with Crippen LogP contribution in [0.1, 0.15) is 61.6 Å². The predicted molar refractivity (Wildman–Crippen MR) is 107 cm³/mol. The highest BCUT2D eigenvalue weighted by Crippen LogP contribution is 2.44. The SMILES string of the molecule is CC1(C)OC(=O)N(C2CCC(NC(=O)c3cscn3)CC2)[C@H]1c1ccccc1. The number of carbonyl (C=O) groups is 2. The molecule has 28 heavy (non-hydrogen) atoms. The van der Waals surface area contributed by atoms with Crippen molar-refractivity contribution in [2.24, 2.45) is 0 Å². The van der Waals surface area contributed by atoms with Gasteiger partial charge in [0.05, 0.1) is 11.6 Å². The van der Waals surface area contributed by atoms with Crippen LogP contribution in [0.5, 0.6) is 0 Å². The minimum atomic E-state index is -0.575. The molecule has 1 saturated heterocycles. The van der Waals surface area contributed by atoms with Crippen LogP contribution in [0.25, 0.3) is 0 Å². The van der Waals surface area contributed by atoms with Gasteiger partial charge in [-0.3, -0.25) is 9.69 Å². The fraction of sp³-hybridized carbons (Fsp3) is 0.476. The van der Waals surface area contributed by atoms with Gasteiger partial charge in [-0.1, -0.05) is 30.3 Å². The Bertz CT molecular complexity index is 830. The van der Waals surface area contributed by atoms with Crippen molar-refractivity contribution in [3.63, 3.8) is 0 Å². The Morgan fingerprint density at radius 1 is 1.21 bits per heavy atom. The first-order valence-corrected chi connectivity index (χ1v) is 10.7. The fourth-order valence-electron chi connectivity index (χ4n) is 4.41. The molecule has 148 valence electrons. The summed E-state index contributed by atoms with van der Waals surface area (Å²) in [6.45, 7) is 3.95. The number of nitrogens with one attached hydrogen (secondary N) is 1. The van der Waals surface area contributed by atoms with E-state index in [1.807, 2.05) is 36.9 Å². The van der Waals surface area contributed by atoms with Gasteiger partial charge in [0.25, 0.3) is 5.91 Å². The molecule has 6 nitrogen and oxygen atoms in total. The molecule has 7 heteroatoms. The van der Waals surface area contributed by atoms with Crippen molar-refractivity contribution in [3.8, 4) is 0 Å². The van der Waals surface area contributed by atoms with E-state index in [-0.39, 0.29) is 30.1 Å². The summed E-state index contributed by atoms with van der Waals surface area (Å²) in [5.74, 6) is -0.117. The van der Waals surface area contributed by atoms with Gasteiger partial charge in [0, 0.05) is 17.5 Å². The van der Waals surface area contributed by atoms with Crippen LogP contribution in [0.2, 0.25) is 0 Å². The van der Waals surface area contributed by atoms with Crippen LogP contribution >= 0.6 is 11.3 Å². The molecule has 2 amide bonds. The monoisotopic (exact) mass is 399 g/mol. The highest BCUT2D eigenvalue weighted by molar-refractivity contribution is 7.07. The molecule has 1 N–H and O–H groups in total. The zero-order chi connectivity index (χ0) is 19.7. The van der Waals surface area contributed by atoms with Crippen LogP contribution in [0.4, 0.5) is 4.79 Å². The second kappa shape index (κ2) is 7.54. The third kappa shape index (κ3) is 3.63. The Morgan fingerprint density at radius 3 is 2.57 bits per heavy atom. The number of carbonyl (C=O) groups excluding carboxylic acids is 2. The third-order valence-corrected chi connectivity index (χ3v) is 6.29. The van der Waals surface area contributed by atoms with Crippen molar-refractivity contribution < 1.29 is 14.3 Å². The van der Waals surface area contributed by atoms with Crippen molar-refractivity contribution in [2.75, 3.05) is 0 Å². The van der Waals surface area contributed by atoms with Gasteiger partial charge in [-0.15, -0.1) is 11.3 Å². The summed E-state index contributed by atoms with van der Waals surface area (Å²) in [5.41, 5.74) is 2.66. The Labute approximate surface area is 168 Å².